The highest BCUT2D eigenvalue weighted by Crippen LogP contribution is 2.18. The molecule has 0 atom stereocenters. The van der Waals surface area contributed by atoms with Gasteiger partial charge in [0.25, 0.3) is 0 Å². The quantitative estimate of drug-likeness (QED) is 0.833. The van der Waals surface area contributed by atoms with Gasteiger partial charge in [0.1, 0.15) is 10.7 Å². The molecule has 94 valence electrons. The fraction of sp³-hybridized carbons (Fsp3) is 0.583. The molecule has 0 saturated carbocycles. The van der Waals surface area contributed by atoms with Gasteiger partial charge in [-0.05, 0) is 18.4 Å². The molecule has 0 spiro atoms. The Hall–Kier alpha value is -1.23. The van der Waals surface area contributed by atoms with Crippen LogP contribution in [0.15, 0.2) is 6.07 Å². The van der Waals surface area contributed by atoms with Crippen molar-refractivity contribution in [1.82, 2.24) is 9.97 Å². The molecule has 1 heterocycles. The van der Waals surface area contributed by atoms with Gasteiger partial charge in [-0.2, -0.15) is 0 Å². The molecule has 0 fully saturated rings. The summed E-state index contributed by atoms with van der Waals surface area (Å²) in [6.07, 6.45) is 0. The van der Waals surface area contributed by atoms with Crippen molar-refractivity contribution in [2.24, 2.45) is 11.1 Å². The van der Waals surface area contributed by atoms with Crippen LogP contribution in [0.1, 0.15) is 32.2 Å². The molecule has 0 amide bonds. The summed E-state index contributed by atoms with van der Waals surface area (Å²) in [6, 6.07) is 1.80. The van der Waals surface area contributed by atoms with Crippen LogP contribution < -0.4 is 10.6 Å². The van der Waals surface area contributed by atoms with E-state index in [-0.39, 0.29) is 5.41 Å². The SMILES string of the molecule is Cc1cc(C(N)=S)nc(N(C)CC(C)(C)C)n1. The van der Waals surface area contributed by atoms with Gasteiger partial charge < -0.3 is 10.6 Å². The maximum Gasteiger partial charge on any atom is 0.225 e. The first-order valence-corrected chi connectivity index (χ1v) is 5.96. The van der Waals surface area contributed by atoms with E-state index in [9.17, 15) is 0 Å². The molecule has 4 nitrogen and oxygen atoms in total. The normalized spacial score (nSPS) is 11.4. The fourth-order valence-corrected chi connectivity index (χ4v) is 1.74. The van der Waals surface area contributed by atoms with Crippen LogP contribution in [-0.2, 0) is 0 Å². The number of hydrogen-bond donors (Lipinski definition) is 1. The Morgan fingerprint density at radius 3 is 2.47 bits per heavy atom. The molecule has 1 aromatic heterocycles. The first-order chi connectivity index (χ1) is 7.69. The van der Waals surface area contributed by atoms with Crippen LogP contribution in [0, 0.1) is 12.3 Å². The Morgan fingerprint density at radius 1 is 1.41 bits per heavy atom. The lowest BCUT2D eigenvalue weighted by molar-refractivity contribution is 0.416. The average molecular weight is 252 g/mol. The summed E-state index contributed by atoms with van der Waals surface area (Å²) in [4.78, 5) is 11.1. The van der Waals surface area contributed by atoms with Crippen LogP contribution >= 0.6 is 12.2 Å². The van der Waals surface area contributed by atoms with E-state index in [2.05, 4.69) is 30.7 Å². The van der Waals surface area contributed by atoms with E-state index in [4.69, 9.17) is 18.0 Å². The second-order valence-electron chi connectivity index (χ2n) is 5.48. The Morgan fingerprint density at radius 2 is 2.00 bits per heavy atom. The van der Waals surface area contributed by atoms with E-state index < -0.39 is 0 Å². The summed E-state index contributed by atoms with van der Waals surface area (Å²) in [7, 11) is 1.98. The highest BCUT2D eigenvalue weighted by Gasteiger charge is 2.16. The summed E-state index contributed by atoms with van der Waals surface area (Å²) in [5, 5.41) is 0. The number of hydrogen-bond acceptors (Lipinski definition) is 4. The highest BCUT2D eigenvalue weighted by molar-refractivity contribution is 7.80. The Bertz CT molecular complexity index is 423. The van der Waals surface area contributed by atoms with Gasteiger partial charge in [-0.3, -0.25) is 0 Å². The van der Waals surface area contributed by atoms with Crippen LogP contribution in [0.4, 0.5) is 5.95 Å². The van der Waals surface area contributed by atoms with E-state index in [0.29, 0.717) is 16.6 Å². The molecule has 1 aromatic rings. The minimum absolute atomic E-state index is 0.186. The maximum absolute atomic E-state index is 5.60. The molecule has 0 saturated heterocycles. The van der Waals surface area contributed by atoms with Crippen molar-refractivity contribution in [3.63, 3.8) is 0 Å². The maximum atomic E-state index is 5.60. The third-order valence-electron chi connectivity index (χ3n) is 2.15. The number of aryl methyl sites for hydroxylation is 1. The Kier molecular flexibility index (Phi) is 4.03. The zero-order valence-corrected chi connectivity index (χ0v) is 11.9. The number of nitrogens with two attached hydrogens (primary N) is 1. The van der Waals surface area contributed by atoms with Gasteiger partial charge in [0, 0.05) is 19.3 Å². The number of aromatic nitrogens is 2. The zero-order chi connectivity index (χ0) is 13.2. The third kappa shape index (κ3) is 4.26. The average Bonchev–Trinajstić information content (AvgIpc) is 2.13. The van der Waals surface area contributed by atoms with E-state index in [1.807, 2.05) is 18.9 Å². The molecule has 1 rings (SSSR count). The summed E-state index contributed by atoms with van der Waals surface area (Å²) in [6.45, 7) is 9.31. The molecule has 17 heavy (non-hydrogen) atoms. The van der Waals surface area contributed by atoms with E-state index in [1.165, 1.54) is 0 Å². The van der Waals surface area contributed by atoms with Crippen molar-refractivity contribution < 1.29 is 0 Å². The van der Waals surface area contributed by atoms with Crippen LogP contribution in [-0.4, -0.2) is 28.5 Å². The molecule has 0 aliphatic carbocycles. The zero-order valence-electron chi connectivity index (χ0n) is 11.1. The number of anilines is 1. The monoisotopic (exact) mass is 252 g/mol. The minimum Gasteiger partial charge on any atom is -0.388 e. The first kappa shape index (κ1) is 13.8. The van der Waals surface area contributed by atoms with Crippen LogP contribution in [0.2, 0.25) is 0 Å². The van der Waals surface area contributed by atoms with Crippen molar-refractivity contribution in [3.8, 4) is 0 Å². The van der Waals surface area contributed by atoms with Crippen LogP contribution in [0.3, 0.4) is 0 Å². The number of nitrogens with zero attached hydrogens (tertiary/aromatic N) is 3. The highest BCUT2D eigenvalue weighted by atomic mass is 32.1. The lowest BCUT2D eigenvalue weighted by Gasteiger charge is -2.26. The lowest BCUT2D eigenvalue weighted by atomic mass is 9.96. The van der Waals surface area contributed by atoms with Crippen LogP contribution in [0.5, 0.6) is 0 Å². The van der Waals surface area contributed by atoms with Crippen molar-refractivity contribution in [1.29, 1.82) is 0 Å². The molecule has 0 radical (unpaired) electrons. The second kappa shape index (κ2) is 4.96. The molecule has 5 heteroatoms. The topological polar surface area (TPSA) is 55.0 Å². The molecule has 0 aromatic carbocycles. The third-order valence-corrected chi connectivity index (χ3v) is 2.36. The van der Waals surface area contributed by atoms with Gasteiger partial charge in [-0.25, -0.2) is 9.97 Å². The second-order valence-corrected chi connectivity index (χ2v) is 5.92. The summed E-state index contributed by atoms with van der Waals surface area (Å²) >= 11 is 4.95. The lowest BCUT2D eigenvalue weighted by Crippen LogP contribution is -2.31. The Labute approximate surface area is 108 Å². The number of rotatable bonds is 3. The Balaban J connectivity index is 3.01. The van der Waals surface area contributed by atoms with E-state index in [0.717, 1.165) is 12.2 Å². The predicted molar refractivity (Wildman–Crippen MR) is 75.4 cm³/mol. The molecular weight excluding hydrogens is 232 g/mol. The molecule has 0 unspecified atom stereocenters. The largest absolute Gasteiger partial charge is 0.388 e. The van der Waals surface area contributed by atoms with E-state index >= 15 is 0 Å². The van der Waals surface area contributed by atoms with E-state index in [1.54, 1.807) is 6.07 Å². The molecule has 0 bridgehead atoms. The smallest absolute Gasteiger partial charge is 0.225 e. The van der Waals surface area contributed by atoms with Crippen molar-refractivity contribution in [2.75, 3.05) is 18.5 Å². The minimum atomic E-state index is 0.186. The summed E-state index contributed by atoms with van der Waals surface area (Å²) in [5.41, 5.74) is 7.29. The summed E-state index contributed by atoms with van der Waals surface area (Å²) < 4.78 is 0. The molecule has 2 N–H and O–H groups in total. The standard InChI is InChI=1S/C12H20N4S/c1-8-6-9(10(13)17)15-11(14-8)16(5)7-12(2,3)4/h6H,7H2,1-5H3,(H2,13,17). The van der Waals surface area contributed by atoms with Crippen molar-refractivity contribution in [3.05, 3.63) is 17.5 Å². The molecule has 0 aliphatic heterocycles. The van der Waals surface area contributed by atoms with Crippen molar-refractivity contribution >= 4 is 23.2 Å². The van der Waals surface area contributed by atoms with Gasteiger partial charge in [0.05, 0.1) is 0 Å². The predicted octanol–water partition coefficient (Wildman–Crippen LogP) is 1.90. The van der Waals surface area contributed by atoms with Crippen molar-refractivity contribution in [2.45, 2.75) is 27.7 Å². The summed E-state index contributed by atoms with van der Waals surface area (Å²) in [5.74, 6) is 0.669. The molecular formula is C12H20N4S. The van der Waals surface area contributed by atoms with Crippen LogP contribution in [0.25, 0.3) is 0 Å². The first-order valence-electron chi connectivity index (χ1n) is 5.56. The van der Waals surface area contributed by atoms with Gasteiger partial charge >= 0.3 is 0 Å². The number of thiocarbonyl (C=S) groups is 1. The van der Waals surface area contributed by atoms with Gasteiger partial charge in [-0.15, -0.1) is 0 Å². The van der Waals surface area contributed by atoms with Gasteiger partial charge in [-0.1, -0.05) is 33.0 Å². The fourth-order valence-electron chi connectivity index (χ4n) is 1.63. The van der Waals surface area contributed by atoms with Gasteiger partial charge in [0.15, 0.2) is 0 Å². The van der Waals surface area contributed by atoms with Gasteiger partial charge in [0.2, 0.25) is 5.95 Å². The molecule has 0 aliphatic rings.